The molecule has 1 rings (SSSR count). The third-order valence-corrected chi connectivity index (χ3v) is 2.48. The van der Waals surface area contributed by atoms with E-state index in [1.54, 1.807) is 0 Å². The molecule has 0 aromatic rings. The number of hydrogen-bond donors (Lipinski definition) is 1. The van der Waals surface area contributed by atoms with Gasteiger partial charge in [-0.25, -0.2) is 0 Å². The topological polar surface area (TPSA) is 26.0 Å². The summed E-state index contributed by atoms with van der Waals surface area (Å²) in [7, 11) is 5.79. The molecule has 0 aromatic carbocycles. The minimum atomic E-state index is -0.430. The second-order valence-electron chi connectivity index (χ2n) is 3.70. The summed E-state index contributed by atoms with van der Waals surface area (Å²) in [4.78, 5) is 0. The van der Waals surface area contributed by atoms with Crippen molar-refractivity contribution in [2.24, 2.45) is 11.7 Å². The van der Waals surface area contributed by atoms with Gasteiger partial charge in [-0.1, -0.05) is 26.2 Å². The fourth-order valence-electron chi connectivity index (χ4n) is 1.72. The van der Waals surface area contributed by atoms with Gasteiger partial charge in [-0.05, 0) is 24.2 Å². The minimum Gasteiger partial charge on any atom is -0.333 e. The van der Waals surface area contributed by atoms with Gasteiger partial charge in [-0.2, -0.15) is 0 Å². The van der Waals surface area contributed by atoms with Crippen molar-refractivity contribution >= 4 is 7.85 Å². The molecule has 1 fully saturated rings. The molecule has 0 saturated heterocycles. The van der Waals surface area contributed by atoms with Crippen LogP contribution < -0.4 is 5.73 Å². The first-order valence-corrected chi connectivity index (χ1v) is 4.18. The first kappa shape index (κ1) is 8.12. The van der Waals surface area contributed by atoms with Crippen molar-refractivity contribution in [3.63, 3.8) is 0 Å². The fraction of sp³-hybridized carbons (Fsp3) is 1.00. The zero-order valence-electron chi connectivity index (χ0n) is 6.77. The fourth-order valence-corrected chi connectivity index (χ4v) is 1.72. The maximum Gasteiger partial charge on any atom is 0.0950 e. The number of nitrogens with two attached hydrogens (primary N) is 1. The summed E-state index contributed by atoms with van der Waals surface area (Å²) in [5.74, 6) is 0.557. The van der Waals surface area contributed by atoms with E-state index < -0.39 is 5.44 Å². The molecule has 2 heteroatoms. The van der Waals surface area contributed by atoms with Gasteiger partial charge in [0.2, 0.25) is 0 Å². The van der Waals surface area contributed by atoms with Gasteiger partial charge in [0.25, 0.3) is 0 Å². The third-order valence-electron chi connectivity index (χ3n) is 2.48. The van der Waals surface area contributed by atoms with E-state index in [-0.39, 0.29) is 0 Å². The molecule has 1 aliphatic carbocycles. The molecule has 10 heavy (non-hydrogen) atoms. The van der Waals surface area contributed by atoms with Crippen LogP contribution in [0.4, 0.5) is 0 Å². The van der Waals surface area contributed by atoms with Crippen molar-refractivity contribution in [2.45, 2.75) is 44.5 Å². The monoisotopic (exact) mass is 137 g/mol. The van der Waals surface area contributed by atoms with Crippen LogP contribution in [0.15, 0.2) is 0 Å². The van der Waals surface area contributed by atoms with Crippen molar-refractivity contribution in [2.75, 3.05) is 0 Å². The van der Waals surface area contributed by atoms with Gasteiger partial charge in [0, 0.05) is 0 Å². The molecule has 2 radical (unpaired) electrons. The van der Waals surface area contributed by atoms with Crippen molar-refractivity contribution in [3.8, 4) is 0 Å². The van der Waals surface area contributed by atoms with E-state index in [0.717, 1.165) is 0 Å². The van der Waals surface area contributed by atoms with Gasteiger partial charge in [0.1, 0.15) is 0 Å². The second kappa shape index (κ2) is 2.95. The predicted molar refractivity (Wildman–Crippen MR) is 44.9 cm³/mol. The minimum absolute atomic E-state index is 0.430. The van der Waals surface area contributed by atoms with E-state index in [4.69, 9.17) is 13.6 Å². The summed E-state index contributed by atoms with van der Waals surface area (Å²) in [5.41, 5.74) is 5.36. The molecule has 1 saturated carbocycles. The van der Waals surface area contributed by atoms with Gasteiger partial charge in [0.05, 0.1) is 7.85 Å². The third kappa shape index (κ3) is 2.01. The summed E-state index contributed by atoms with van der Waals surface area (Å²) in [6.45, 7) is 1.93. The molecule has 0 spiro atoms. The summed E-state index contributed by atoms with van der Waals surface area (Å²) < 4.78 is 0. The Balaban J connectivity index is 2.39. The Morgan fingerprint density at radius 3 is 2.10 bits per heavy atom. The van der Waals surface area contributed by atoms with Crippen LogP contribution in [0.3, 0.4) is 0 Å². The lowest BCUT2D eigenvalue weighted by Gasteiger charge is -2.34. The van der Waals surface area contributed by atoms with E-state index in [2.05, 4.69) is 0 Å². The Labute approximate surface area is 64.8 Å². The highest BCUT2D eigenvalue weighted by atomic mass is 14.7. The lowest BCUT2D eigenvalue weighted by molar-refractivity contribution is 0.289. The molecule has 0 aromatic heterocycles. The molecule has 2 N–H and O–H groups in total. The van der Waals surface area contributed by atoms with Crippen LogP contribution in [-0.4, -0.2) is 13.3 Å². The number of hydrogen-bond acceptors (Lipinski definition) is 1. The average Bonchev–Trinajstić information content (AvgIpc) is 1.88. The summed E-state index contributed by atoms with van der Waals surface area (Å²) in [5, 5.41) is 0. The van der Waals surface area contributed by atoms with Crippen molar-refractivity contribution in [1.29, 1.82) is 0 Å². The van der Waals surface area contributed by atoms with Crippen LogP contribution in [0.5, 0.6) is 0 Å². The van der Waals surface area contributed by atoms with Gasteiger partial charge in [-0.3, -0.25) is 0 Å². The quantitative estimate of drug-likeness (QED) is 0.543. The molecule has 0 heterocycles. The maximum atomic E-state index is 5.79. The van der Waals surface area contributed by atoms with Crippen molar-refractivity contribution < 1.29 is 0 Å². The highest BCUT2D eigenvalue weighted by Crippen LogP contribution is 2.29. The standard InChI is InChI=1S/C8H16BN/c1-8(9,10)7-5-3-2-4-6-7/h7H,2-6,10H2,1H3. The number of rotatable bonds is 1. The molecule has 0 bridgehead atoms. The highest BCUT2D eigenvalue weighted by Gasteiger charge is 2.25. The van der Waals surface area contributed by atoms with Crippen LogP contribution >= 0.6 is 0 Å². The van der Waals surface area contributed by atoms with Crippen molar-refractivity contribution in [3.05, 3.63) is 0 Å². The molecular weight excluding hydrogens is 121 g/mol. The van der Waals surface area contributed by atoms with E-state index in [1.165, 1.54) is 32.1 Å². The zero-order chi connectivity index (χ0) is 7.61. The van der Waals surface area contributed by atoms with Crippen LogP contribution in [0, 0.1) is 5.92 Å². The average molecular weight is 137 g/mol. The van der Waals surface area contributed by atoms with E-state index >= 15 is 0 Å². The molecule has 1 unspecified atom stereocenters. The maximum absolute atomic E-state index is 5.79. The molecule has 1 aliphatic rings. The normalized spacial score (nSPS) is 27.8. The van der Waals surface area contributed by atoms with Gasteiger partial charge < -0.3 is 5.73 Å². The second-order valence-corrected chi connectivity index (χ2v) is 3.70. The van der Waals surface area contributed by atoms with Crippen LogP contribution in [0.2, 0.25) is 0 Å². The summed E-state index contributed by atoms with van der Waals surface area (Å²) >= 11 is 0. The SMILES string of the molecule is [B]C(C)(N)C1CCCCC1. The molecule has 56 valence electrons. The lowest BCUT2D eigenvalue weighted by atomic mass is 9.65. The zero-order valence-corrected chi connectivity index (χ0v) is 6.77. The van der Waals surface area contributed by atoms with E-state index in [1.807, 2.05) is 6.92 Å². The Morgan fingerprint density at radius 1 is 1.30 bits per heavy atom. The van der Waals surface area contributed by atoms with Gasteiger partial charge in [0.15, 0.2) is 0 Å². The summed E-state index contributed by atoms with van der Waals surface area (Å²) in [6.07, 6.45) is 6.45. The molecule has 0 amide bonds. The Bertz CT molecular complexity index is 100. The first-order chi connectivity index (χ1) is 4.61. The van der Waals surface area contributed by atoms with E-state index in [0.29, 0.717) is 5.92 Å². The largest absolute Gasteiger partial charge is 0.333 e. The molecular formula is C8H16BN. The Kier molecular flexibility index (Phi) is 2.40. The van der Waals surface area contributed by atoms with Crippen LogP contribution in [0.1, 0.15) is 39.0 Å². The lowest BCUT2D eigenvalue weighted by Crippen LogP contribution is -2.45. The van der Waals surface area contributed by atoms with Gasteiger partial charge >= 0.3 is 0 Å². The Morgan fingerprint density at radius 2 is 1.80 bits per heavy atom. The molecule has 1 nitrogen and oxygen atoms in total. The van der Waals surface area contributed by atoms with Crippen LogP contribution in [0.25, 0.3) is 0 Å². The van der Waals surface area contributed by atoms with Crippen LogP contribution in [-0.2, 0) is 0 Å². The highest BCUT2D eigenvalue weighted by molar-refractivity contribution is 6.15. The van der Waals surface area contributed by atoms with Crippen molar-refractivity contribution in [1.82, 2.24) is 0 Å². The molecule has 0 aliphatic heterocycles. The predicted octanol–water partition coefficient (Wildman–Crippen LogP) is 1.41. The first-order valence-electron chi connectivity index (χ1n) is 4.18. The Hall–Kier alpha value is 0.0249. The smallest absolute Gasteiger partial charge is 0.0950 e. The summed E-state index contributed by atoms with van der Waals surface area (Å²) in [6, 6.07) is 0. The van der Waals surface area contributed by atoms with E-state index in [9.17, 15) is 0 Å². The molecule has 1 atom stereocenters. The van der Waals surface area contributed by atoms with Gasteiger partial charge in [-0.15, -0.1) is 0 Å².